The second-order valence-corrected chi connectivity index (χ2v) is 10.2. The summed E-state index contributed by atoms with van der Waals surface area (Å²) in [6.45, 7) is 4.67. The molecule has 0 aromatic heterocycles. The Morgan fingerprint density at radius 1 is 0.781 bits per heavy atom. The van der Waals surface area contributed by atoms with Gasteiger partial charge in [0.1, 0.15) is 0 Å². The normalized spacial score (nSPS) is 13.0. The molecule has 0 fully saturated rings. The molecule has 0 aliphatic rings. The van der Waals surface area contributed by atoms with Gasteiger partial charge in [-0.1, -0.05) is 104 Å². The molecular weight excluding hydrogens is 430 g/mol. The van der Waals surface area contributed by atoms with Gasteiger partial charge in [-0.3, -0.25) is 8.74 Å². The van der Waals surface area contributed by atoms with Crippen LogP contribution in [0.3, 0.4) is 0 Å². The van der Waals surface area contributed by atoms with Crippen molar-refractivity contribution < 1.29 is 27.4 Å². The van der Waals surface area contributed by atoms with E-state index < -0.39 is 15.9 Å². The number of aliphatic hydroxyl groups is 2. The van der Waals surface area contributed by atoms with Gasteiger partial charge in [0.15, 0.2) is 0 Å². The predicted octanol–water partition coefficient (Wildman–Crippen LogP) is 5.39. The third-order valence-corrected chi connectivity index (χ3v) is 6.76. The quantitative estimate of drug-likeness (QED) is 0.127. The first-order valence-corrected chi connectivity index (χ1v) is 14.1. The number of unbranched alkanes of at least 4 members (excludes halogenated alkanes) is 13. The van der Waals surface area contributed by atoms with Crippen LogP contribution in [0.4, 0.5) is 0 Å². The van der Waals surface area contributed by atoms with Gasteiger partial charge in [0.2, 0.25) is 0 Å². The van der Waals surface area contributed by atoms with E-state index >= 15 is 0 Å². The molecule has 1 atom stereocenters. The lowest BCUT2D eigenvalue weighted by Gasteiger charge is -2.35. The Labute approximate surface area is 198 Å². The van der Waals surface area contributed by atoms with Gasteiger partial charge in [-0.15, -0.1) is 0 Å². The van der Waals surface area contributed by atoms with Crippen molar-refractivity contribution in [1.29, 1.82) is 0 Å². The summed E-state index contributed by atoms with van der Waals surface area (Å²) >= 11 is 0. The summed E-state index contributed by atoms with van der Waals surface area (Å²) < 4.78 is 29.7. The van der Waals surface area contributed by atoms with Crippen LogP contribution < -0.4 is 5.73 Å². The smallest absolute Gasteiger partial charge is 0.396 e. The van der Waals surface area contributed by atoms with E-state index in [1.807, 2.05) is 0 Å². The summed E-state index contributed by atoms with van der Waals surface area (Å²) in [5, 5.41) is 18.4. The van der Waals surface area contributed by atoms with E-state index in [0.717, 1.165) is 13.5 Å². The van der Waals surface area contributed by atoms with Crippen molar-refractivity contribution in [3.05, 3.63) is 0 Å². The van der Waals surface area contributed by atoms with Crippen LogP contribution in [-0.2, 0) is 14.6 Å². The Kier molecular flexibility index (Phi) is 23.9. The van der Waals surface area contributed by atoms with Crippen molar-refractivity contribution >= 4 is 10.4 Å². The minimum atomic E-state index is -4.16. The maximum Gasteiger partial charge on any atom is 0.397 e. The van der Waals surface area contributed by atoms with Crippen molar-refractivity contribution in [1.82, 2.24) is 0 Å². The Morgan fingerprint density at radius 2 is 1.09 bits per heavy atom. The fraction of sp³-hybridized carbons (Fsp3) is 1.00. The van der Waals surface area contributed by atoms with E-state index in [4.69, 9.17) is 10.3 Å². The fourth-order valence-electron chi connectivity index (χ4n) is 3.97. The average Bonchev–Trinajstić information content (AvgIpc) is 2.74. The lowest BCUT2D eigenvalue weighted by atomic mass is 9.78. The molecule has 1 unspecified atom stereocenters. The average molecular weight is 484 g/mol. The second-order valence-electron chi connectivity index (χ2n) is 9.06. The largest absolute Gasteiger partial charge is 0.397 e. The van der Waals surface area contributed by atoms with Crippen molar-refractivity contribution in [2.24, 2.45) is 11.7 Å². The van der Waals surface area contributed by atoms with Crippen LogP contribution >= 0.6 is 0 Å². The molecule has 0 aliphatic heterocycles. The van der Waals surface area contributed by atoms with Crippen LogP contribution in [0.2, 0.25) is 0 Å². The maximum absolute atomic E-state index is 9.33. The molecule has 0 amide bonds. The molecule has 7 nitrogen and oxygen atoms in total. The summed E-state index contributed by atoms with van der Waals surface area (Å²) in [6, 6.07) is 0. The molecule has 0 spiro atoms. The Hall–Kier alpha value is -0.250. The minimum absolute atomic E-state index is 0.111. The van der Waals surface area contributed by atoms with Gasteiger partial charge in [0.25, 0.3) is 0 Å². The molecule has 0 aromatic carbocycles. The van der Waals surface area contributed by atoms with Crippen LogP contribution in [0.15, 0.2) is 0 Å². The number of hydrogen-bond acceptors (Lipinski definition) is 6. The van der Waals surface area contributed by atoms with E-state index in [1.165, 1.54) is 89.9 Å². The lowest BCUT2D eigenvalue weighted by Crippen LogP contribution is -2.47. The number of hydrogen-bond donors (Lipinski definition) is 4. The minimum Gasteiger partial charge on any atom is -0.396 e. The highest BCUT2D eigenvalue weighted by molar-refractivity contribution is 7.80. The van der Waals surface area contributed by atoms with E-state index in [-0.39, 0.29) is 13.2 Å². The molecule has 196 valence electrons. The van der Waals surface area contributed by atoms with Gasteiger partial charge >= 0.3 is 10.4 Å². The monoisotopic (exact) mass is 483 g/mol. The van der Waals surface area contributed by atoms with E-state index in [2.05, 4.69) is 18.0 Å². The van der Waals surface area contributed by atoms with E-state index in [9.17, 15) is 18.6 Å². The van der Waals surface area contributed by atoms with Gasteiger partial charge in [-0.05, 0) is 25.2 Å². The molecule has 0 rings (SSSR count). The number of rotatable bonds is 21. The molecule has 0 aromatic rings. The van der Waals surface area contributed by atoms with Crippen molar-refractivity contribution in [2.75, 3.05) is 20.3 Å². The van der Waals surface area contributed by atoms with Crippen LogP contribution in [-0.4, -0.2) is 49.0 Å². The summed E-state index contributed by atoms with van der Waals surface area (Å²) in [5.41, 5.74) is 5.99. The molecular formula is C24H53NO6S. The standard InChI is InChI=1S/C23H49NO2.CH4O4S/c1-3-4-5-6-7-8-9-10-11-12-13-14-15-16-17-22(2)23(24,18-20-25)19-21-26;1-5-6(2,3)4/h22,25-26H,3-21,24H2,1-2H3;1H3,(H,2,3,4). The van der Waals surface area contributed by atoms with Crippen molar-refractivity contribution in [2.45, 2.75) is 129 Å². The van der Waals surface area contributed by atoms with Gasteiger partial charge < -0.3 is 15.9 Å². The Morgan fingerprint density at radius 3 is 1.38 bits per heavy atom. The SMILES string of the molecule is CCCCCCCCCCCCCCCCC(C)C(N)(CCO)CCO.COS(=O)(=O)O. The van der Waals surface area contributed by atoms with Gasteiger partial charge in [-0.2, -0.15) is 8.42 Å². The van der Waals surface area contributed by atoms with Crippen molar-refractivity contribution in [3.63, 3.8) is 0 Å². The maximum atomic E-state index is 9.33. The summed E-state index contributed by atoms with van der Waals surface area (Å²) in [4.78, 5) is 0. The first kappa shape index (κ1) is 33.9. The number of aliphatic hydroxyl groups excluding tert-OH is 2. The van der Waals surface area contributed by atoms with E-state index in [1.54, 1.807) is 0 Å². The highest BCUT2D eigenvalue weighted by Gasteiger charge is 2.30. The highest BCUT2D eigenvalue weighted by Crippen LogP contribution is 2.27. The Balaban J connectivity index is 0. The molecule has 5 N–H and O–H groups in total. The zero-order valence-corrected chi connectivity index (χ0v) is 21.9. The molecule has 0 bridgehead atoms. The molecule has 0 heterocycles. The van der Waals surface area contributed by atoms with Gasteiger partial charge in [0.05, 0.1) is 7.11 Å². The fourth-order valence-corrected chi connectivity index (χ4v) is 3.97. The lowest BCUT2D eigenvalue weighted by molar-refractivity contribution is 0.146. The van der Waals surface area contributed by atoms with E-state index in [0.29, 0.717) is 18.8 Å². The molecule has 0 saturated heterocycles. The first-order valence-electron chi connectivity index (χ1n) is 12.7. The Bertz CT molecular complexity index is 481. The summed E-state index contributed by atoms with van der Waals surface area (Å²) in [5.74, 6) is 0.360. The summed E-state index contributed by atoms with van der Waals surface area (Å²) in [7, 11) is -3.29. The van der Waals surface area contributed by atoms with Crippen LogP contribution in [0, 0.1) is 5.92 Å². The predicted molar refractivity (Wildman–Crippen MR) is 133 cm³/mol. The topological polar surface area (TPSA) is 130 Å². The second kappa shape index (κ2) is 22.5. The first-order chi connectivity index (χ1) is 15.2. The summed E-state index contributed by atoms with van der Waals surface area (Å²) in [6.07, 6.45) is 21.6. The zero-order chi connectivity index (χ0) is 24.7. The molecule has 32 heavy (non-hydrogen) atoms. The zero-order valence-electron chi connectivity index (χ0n) is 21.1. The third-order valence-electron chi connectivity index (χ3n) is 6.34. The van der Waals surface area contributed by atoms with Crippen LogP contribution in [0.5, 0.6) is 0 Å². The molecule has 0 saturated carbocycles. The van der Waals surface area contributed by atoms with Crippen LogP contribution in [0.25, 0.3) is 0 Å². The number of nitrogens with two attached hydrogens (primary N) is 1. The molecule has 8 heteroatoms. The molecule has 0 radical (unpaired) electrons. The van der Waals surface area contributed by atoms with Crippen molar-refractivity contribution in [3.8, 4) is 0 Å². The molecule has 0 aliphatic carbocycles. The van der Waals surface area contributed by atoms with Gasteiger partial charge in [-0.25, -0.2) is 0 Å². The third kappa shape index (κ3) is 22.9. The van der Waals surface area contributed by atoms with Crippen LogP contribution in [0.1, 0.15) is 123 Å². The van der Waals surface area contributed by atoms with Gasteiger partial charge in [0, 0.05) is 18.8 Å². The highest BCUT2D eigenvalue weighted by atomic mass is 32.3.